The summed E-state index contributed by atoms with van der Waals surface area (Å²) < 4.78 is 22.7. The van der Waals surface area contributed by atoms with Gasteiger partial charge in [-0.2, -0.15) is 0 Å². The molecule has 0 unspecified atom stereocenters. The number of aliphatic hydroxyl groups is 1. The van der Waals surface area contributed by atoms with Crippen molar-refractivity contribution in [3.05, 3.63) is 29.8 Å². The summed E-state index contributed by atoms with van der Waals surface area (Å²) in [6.45, 7) is 0.524. The molecule has 2 rings (SSSR count). The molecular formula is C14H19NO4S2. The molecule has 1 atom stereocenters. The van der Waals surface area contributed by atoms with Gasteiger partial charge in [-0.25, -0.2) is 8.42 Å². The van der Waals surface area contributed by atoms with E-state index >= 15 is 0 Å². The molecule has 5 nitrogen and oxygen atoms in total. The lowest BCUT2D eigenvalue weighted by Gasteiger charge is -2.10. The van der Waals surface area contributed by atoms with Crippen molar-refractivity contribution in [3.63, 3.8) is 0 Å². The molecule has 1 aliphatic rings. The average molecular weight is 329 g/mol. The number of aliphatic hydroxyl groups excluding tert-OH is 1. The maximum atomic E-state index is 12.0. The van der Waals surface area contributed by atoms with Crippen molar-refractivity contribution < 1.29 is 18.3 Å². The molecule has 1 aromatic rings. The van der Waals surface area contributed by atoms with Crippen molar-refractivity contribution in [1.29, 1.82) is 0 Å². The zero-order valence-corrected chi connectivity index (χ0v) is 13.3. The van der Waals surface area contributed by atoms with E-state index in [1.165, 1.54) is 11.8 Å². The quantitative estimate of drug-likeness (QED) is 0.759. The topological polar surface area (TPSA) is 83.5 Å². The Kier molecular flexibility index (Phi) is 5.66. The molecule has 1 amide bonds. The number of carbonyl (C=O) groups is 1. The number of amides is 1. The molecule has 2 N–H and O–H groups in total. The Labute approximate surface area is 129 Å². The standard InChI is InChI=1S/C14H19NO4S2/c16-6-7-20-13-3-1-12(2-4-13)14(17)15-9-11-5-8-21(18,19)10-11/h1-4,11,16H,5-10H2,(H,15,17)/t11-/m0/s1. The third-order valence-corrected chi connectivity index (χ3v) is 6.18. The molecule has 116 valence electrons. The second kappa shape index (κ2) is 7.29. The highest BCUT2D eigenvalue weighted by atomic mass is 32.2. The van der Waals surface area contributed by atoms with Gasteiger partial charge in [-0.15, -0.1) is 11.8 Å². The number of nitrogens with one attached hydrogen (secondary N) is 1. The Morgan fingerprint density at radius 3 is 2.62 bits per heavy atom. The largest absolute Gasteiger partial charge is 0.396 e. The number of sulfone groups is 1. The average Bonchev–Trinajstić information content (AvgIpc) is 2.82. The van der Waals surface area contributed by atoms with E-state index < -0.39 is 9.84 Å². The normalized spacial score (nSPS) is 20.3. The maximum absolute atomic E-state index is 12.0. The fourth-order valence-electron chi connectivity index (χ4n) is 2.24. The van der Waals surface area contributed by atoms with Gasteiger partial charge in [-0.05, 0) is 36.6 Å². The predicted molar refractivity (Wildman–Crippen MR) is 83.3 cm³/mol. The van der Waals surface area contributed by atoms with E-state index in [-0.39, 0.29) is 29.9 Å². The molecule has 0 aliphatic carbocycles. The van der Waals surface area contributed by atoms with Gasteiger partial charge in [0.2, 0.25) is 0 Å². The number of thioether (sulfide) groups is 1. The van der Waals surface area contributed by atoms with E-state index in [1.807, 2.05) is 12.1 Å². The van der Waals surface area contributed by atoms with E-state index in [0.717, 1.165) is 4.90 Å². The lowest BCUT2D eigenvalue weighted by atomic mass is 10.1. The van der Waals surface area contributed by atoms with Gasteiger partial charge in [0, 0.05) is 22.8 Å². The first kappa shape index (κ1) is 16.3. The minimum absolute atomic E-state index is 0.0262. The molecule has 0 spiro atoms. The van der Waals surface area contributed by atoms with Crippen LogP contribution in [0.4, 0.5) is 0 Å². The Morgan fingerprint density at radius 1 is 1.33 bits per heavy atom. The zero-order chi connectivity index (χ0) is 15.3. The number of carbonyl (C=O) groups excluding carboxylic acids is 1. The SMILES string of the molecule is O=C(NC[C@@H]1CCS(=O)(=O)C1)c1ccc(SCCO)cc1. The van der Waals surface area contributed by atoms with Crippen molar-refractivity contribution in [2.24, 2.45) is 5.92 Å². The van der Waals surface area contributed by atoms with Gasteiger partial charge in [-0.3, -0.25) is 4.79 Å². The fraction of sp³-hybridized carbons (Fsp3) is 0.500. The summed E-state index contributed by atoms with van der Waals surface area (Å²) in [5.74, 6) is 0.868. The molecule has 1 fully saturated rings. The van der Waals surface area contributed by atoms with Gasteiger partial charge < -0.3 is 10.4 Å². The molecule has 1 heterocycles. The van der Waals surface area contributed by atoms with Crippen LogP contribution in [0.3, 0.4) is 0 Å². The van der Waals surface area contributed by atoms with E-state index in [0.29, 0.717) is 24.3 Å². The van der Waals surface area contributed by atoms with Crippen LogP contribution in [0.25, 0.3) is 0 Å². The Bertz CT molecular complexity index is 583. The molecule has 0 radical (unpaired) electrons. The van der Waals surface area contributed by atoms with Gasteiger partial charge in [-0.1, -0.05) is 0 Å². The summed E-state index contributed by atoms with van der Waals surface area (Å²) in [6.07, 6.45) is 0.624. The summed E-state index contributed by atoms with van der Waals surface area (Å²) in [4.78, 5) is 13.0. The van der Waals surface area contributed by atoms with Crippen LogP contribution in [0.5, 0.6) is 0 Å². The monoisotopic (exact) mass is 329 g/mol. The highest BCUT2D eigenvalue weighted by Crippen LogP contribution is 2.19. The molecule has 0 saturated carbocycles. The van der Waals surface area contributed by atoms with Crippen molar-refractivity contribution >= 4 is 27.5 Å². The molecule has 0 aromatic heterocycles. The van der Waals surface area contributed by atoms with Gasteiger partial charge in [0.1, 0.15) is 0 Å². The molecule has 0 bridgehead atoms. The Hall–Kier alpha value is -1.05. The zero-order valence-electron chi connectivity index (χ0n) is 11.6. The van der Waals surface area contributed by atoms with Crippen molar-refractivity contribution in [2.75, 3.05) is 30.4 Å². The molecule has 1 saturated heterocycles. The van der Waals surface area contributed by atoms with Crippen LogP contribution in [-0.4, -0.2) is 49.8 Å². The third-order valence-electron chi connectivity index (χ3n) is 3.35. The Morgan fingerprint density at radius 2 is 2.05 bits per heavy atom. The summed E-state index contributed by atoms with van der Waals surface area (Å²) in [6, 6.07) is 7.16. The lowest BCUT2D eigenvalue weighted by molar-refractivity contribution is 0.0948. The summed E-state index contributed by atoms with van der Waals surface area (Å²) >= 11 is 1.53. The van der Waals surface area contributed by atoms with Crippen LogP contribution in [0.2, 0.25) is 0 Å². The molecule has 7 heteroatoms. The lowest BCUT2D eigenvalue weighted by Crippen LogP contribution is -2.29. The number of benzene rings is 1. The molecule has 1 aromatic carbocycles. The first-order valence-electron chi connectivity index (χ1n) is 6.82. The number of hydrogen-bond acceptors (Lipinski definition) is 5. The Balaban J connectivity index is 1.83. The summed E-state index contributed by atoms with van der Waals surface area (Å²) in [7, 11) is -2.90. The maximum Gasteiger partial charge on any atom is 0.251 e. The molecule has 1 aliphatic heterocycles. The van der Waals surface area contributed by atoms with Gasteiger partial charge >= 0.3 is 0 Å². The second-order valence-corrected chi connectivity index (χ2v) is 8.47. The minimum Gasteiger partial charge on any atom is -0.396 e. The van der Waals surface area contributed by atoms with Crippen LogP contribution in [0, 0.1) is 5.92 Å². The first-order chi connectivity index (χ1) is 10.00. The van der Waals surface area contributed by atoms with Gasteiger partial charge in [0.05, 0.1) is 18.1 Å². The van der Waals surface area contributed by atoms with E-state index in [2.05, 4.69) is 5.32 Å². The van der Waals surface area contributed by atoms with Gasteiger partial charge in [0.25, 0.3) is 5.91 Å². The first-order valence-corrected chi connectivity index (χ1v) is 9.63. The van der Waals surface area contributed by atoms with Crippen molar-refractivity contribution in [2.45, 2.75) is 11.3 Å². The van der Waals surface area contributed by atoms with Crippen molar-refractivity contribution in [1.82, 2.24) is 5.32 Å². The highest BCUT2D eigenvalue weighted by Gasteiger charge is 2.27. The van der Waals surface area contributed by atoms with E-state index in [9.17, 15) is 13.2 Å². The van der Waals surface area contributed by atoms with Crippen LogP contribution >= 0.6 is 11.8 Å². The van der Waals surface area contributed by atoms with Crippen LogP contribution in [-0.2, 0) is 9.84 Å². The van der Waals surface area contributed by atoms with Crippen LogP contribution in [0.15, 0.2) is 29.2 Å². The summed E-state index contributed by atoms with van der Waals surface area (Å²) in [5.41, 5.74) is 0.559. The fourth-order valence-corrected chi connectivity index (χ4v) is 4.76. The molecular weight excluding hydrogens is 310 g/mol. The molecule has 21 heavy (non-hydrogen) atoms. The summed E-state index contributed by atoms with van der Waals surface area (Å²) in [5, 5.41) is 11.5. The number of rotatable bonds is 6. The van der Waals surface area contributed by atoms with Crippen LogP contribution in [0.1, 0.15) is 16.8 Å². The smallest absolute Gasteiger partial charge is 0.251 e. The third kappa shape index (κ3) is 5.01. The van der Waals surface area contributed by atoms with Crippen LogP contribution < -0.4 is 5.32 Å². The highest BCUT2D eigenvalue weighted by molar-refractivity contribution is 7.99. The van der Waals surface area contributed by atoms with Gasteiger partial charge in [0.15, 0.2) is 9.84 Å². The van der Waals surface area contributed by atoms with E-state index in [4.69, 9.17) is 5.11 Å². The minimum atomic E-state index is -2.90. The predicted octanol–water partition coefficient (Wildman–Crippen LogP) is 0.935. The van der Waals surface area contributed by atoms with E-state index in [1.54, 1.807) is 12.1 Å². The second-order valence-electron chi connectivity index (χ2n) is 5.08. The van der Waals surface area contributed by atoms with Crippen molar-refractivity contribution in [3.8, 4) is 0 Å². The number of hydrogen-bond donors (Lipinski definition) is 2.